The Morgan fingerprint density at radius 3 is 2.88 bits per heavy atom. The molecule has 0 saturated carbocycles. The zero-order chi connectivity index (χ0) is 12.4. The fourth-order valence-electron chi connectivity index (χ4n) is 1.37. The van der Waals surface area contributed by atoms with Crippen LogP contribution >= 0.6 is 15.9 Å². The summed E-state index contributed by atoms with van der Waals surface area (Å²) in [7, 11) is 0. The summed E-state index contributed by atoms with van der Waals surface area (Å²) in [5.41, 5.74) is 8.21. The lowest BCUT2D eigenvalue weighted by Gasteiger charge is -1.98. The molecule has 0 unspecified atom stereocenters. The first-order valence-electron chi connectivity index (χ1n) is 4.57. The molecule has 0 spiro atoms. The van der Waals surface area contributed by atoms with E-state index in [0.717, 1.165) is 10.5 Å². The molecule has 1 aromatic carbocycles. The van der Waals surface area contributed by atoms with Crippen molar-refractivity contribution in [2.75, 3.05) is 0 Å². The van der Waals surface area contributed by atoms with Crippen LogP contribution in [0.2, 0.25) is 0 Å². The topological polar surface area (TPSA) is 83.7 Å². The van der Waals surface area contributed by atoms with Crippen LogP contribution in [-0.4, -0.2) is 16.8 Å². The van der Waals surface area contributed by atoms with Gasteiger partial charge in [0.15, 0.2) is 11.2 Å². The summed E-state index contributed by atoms with van der Waals surface area (Å²) in [5, 5.41) is 0.372. The van der Waals surface area contributed by atoms with Gasteiger partial charge in [0.05, 0.1) is 5.39 Å². The Morgan fingerprint density at radius 2 is 2.18 bits per heavy atom. The number of ketones is 1. The summed E-state index contributed by atoms with van der Waals surface area (Å²) in [6.45, 7) is 0. The van der Waals surface area contributed by atoms with Crippen LogP contribution in [0.25, 0.3) is 16.5 Å². The Hall–Kier alpha value is -2.04. The van der Waals surface area contributed by atoms with E-state index in [-0.39, 0.29) is 11.2 Å². The highest BCUT2D eigenvalue weighted by atomic mass is 79.9. The molecule has 17 heavy (non-hydrogen) atoms. The second-order valence-corrected chi connectivity index (χ2v) is 4.14. The quantitative estimate of drug-likeness (QED) is 0.367. The molecule has 0 N–H and O–H groups in total. The molecule has 0 atom stereocenters. The van der Waals surface area contributed by atoms with Gasteiger partial charge in [-0.05, 0) is 18.2 Å². The highest BCUT2D eigenvalue weighted by molar-refractivity contribution is 9.10. The average Bonchev–Trinajstić information content (AvgIpc) is 2.30. The number of halogens is 1. The third-order valence-electron chi connectivity index (χ3n) is 2.11. The number of rotatable bonds is 2. The molecule has 0 aliphatic carbocycles. The number of Topliss-reactive ketones (excluding diaryl/α,β-unsaturated/α-hetero) is 1. The van der Waals surface area contributed by atoms with Crippen molar-refractivity contribution in [3.8, 4) is 0 Å². The van der Waals surface area contributed by atoms with Crippen molar-refractivity contribution in [2.24, 2.45) is 0 Å². The second kappa shape index (κ2) is 4.45. The van der Waals surface area contributed by atoms with Gasteiger partial charge in [-0.2, -0.15) is 4.79 Å². The number of fused-ring (bicyclic) bond motifs is 1. The average molecular weight is 293 g/mol. The molecular weight excluding hydrogens is 288 g/mol. The molecule has 5 nitrogen and oxygen atoms in total. The number of carbonyl (C=O) groups excluding carboxylic acids is 1. The molecule has 0 aliphatic heterocycles. The normalized spacial score (nSPS) is 9.94. The van der Waals surface area contributed by atoms with Crippen LogP contribution in [0.5, 0.6) is 0 Å². The van der Waals surface area contributed by atoms with Gasteiger partial charge in [-0.25, -0.2) is 0 Å². The van der Waals surface area contributed by atoms with Crippen LogP contribution in [-0.2, 0) is 0 Å². The summed E-state index contributed by atoms with van der Waals surface area (Å²) >= 11 is 3.24. The maximum absolute atomic E-state index is 11.7. The van der Waals surface area contributed by atoms with E-state index < -0.39 is 5.78 Å². The van der Waals surface area contributed by atoms with Crippen molar-refractivity contribution in [3.05, 3.63) is 50.3 Å². The zero-order valence-electron chi connectivity index (χ0n) is 8.38. The summed E-state index contributed by atoms with van der Waals surface area (Å²) < 4.78 is 5.98. The highest BCUT2D eigenvalue weighted by Crippen LogP contribution is 2.18. The van der Waals surface area contributed by atoms with Crippen molar-refractivity contribution in [1.29, 1.82) is 0 Å². The first-order chi connectivity index (χ1) is 8.11. The highest BCUT2D eigenvalue weighted by Gasteiger charge is 2.13. The monoisotopic (exact) mass is 292 g/mol. The van der Waals surface area contributed by atoms with Gasteiger partial charge < -0.3 is 9.95 Å². The van der Waals surface area contributed by atoms with E-state index in [0.29, 0.717) is 17.2 Å². The Morgan fingerprint density at radius 1 is 1.41 bits per heavy atom. The predicted octanol–water partition coefficient (Wildman–Crippen LogP) is 2.04. The number of nitrogens with zero attached hydrogens (tertiary/aromatic N) is 2. The summed E-state index contributed by atoms with van der Waals surface area (Å²) in [5.74, 6) is -0.836. The van der Waals surface area contributed by atoms with Crippen molar-refractivity contribution in [1.82, 2.24) is 0 Å². The lowest BCUT2D eigenvalue weighted by atomic mass is 10.2. The van der Waals surface area contributed by atoms with Gasteiger partial charge in [0.1, 0.15) is 5.58 Å². The molecule has 0 fully saturated rings. The fourth-order valence-corrected chi connectivity index (χ4v) is 1.73. The number of benzene rings is 1. The summed E-state index contributed by atoms with van der Waals surface area (Å²) in [6.07, 6.45) is 0.670. The van der Waals surface area contributed by atoms with Crippen LogP contribution in [0.1, 0.15) is 10.6 Å². The SMILES string of the molecule is [N-]=[N+]=CC(=O)c1cc(=O)c2cc(Br)ccc2o1. The molecule has 1 heterocycles. The Bertz CT molecular complexity index is 714. The largest absolute Gasteiger partial charge is 0.452 e. The zero-order valence-corrected chi connectivity index (χ0v) is 9.97. The molecule has 6 heteroatoms. The van der Waals surface area contributed by atoms with E-state index in [2.05, 4.69) is 20.7 Å². The van der Waals surface area contributed by atoms with Gasteiger partial charge in [0, 0.05) is 10.5 Å². The van der Waals surface area contributed by atoms with Gasteiger partial charge >= 0.3 is 12.0 Å². The van der Waals surface area contributed by atoms with Gasteiger partial charge in [-0.1, -0.05) is 15.9 Å². The van der Waals surface area contributed by atoms with Crippen LogP contribution < -0.4 is 5.43 Å². The van der Waals surface area contributed by atoms with Crippen LogP contribution in [0.3, 0.4) is 0 Å². The van der Waals surface area contributed by atoms with E-state index >= 15 is 0 Å². The maximum atomic E-state index is 11.7. The lowest BCUT2D eigenvalue weighted by molar-refractivity contribution is 0.00210. The number of hydrogen-bond donors (Lipinski definition) is 0. The fraction of sp³-hybridized carbons (Fsp3) is 0. The van der Waals surface area contributed by atoms with E-state index in [1.807, 2.05) is 0 Å². The Labute approximate surface area is 103 Å². The summed E-state index contributed by atoms with van der Waals surface area (Å²) in [6, 6.07) is 5.95. The molecule has 2 rings (SSSR count). The molecule has 2 aromatic rings. The minimum absolute atomic E-state index is 0.164. The van der Waals surface area contributed by atoms with Gasteiger partial charge in [0.2, 0.25) is 0 Å². The minimum Gasteiger partial charge on any atom is -0.452 e. The molecule has 0 aliphatic rings. The van der Waals surface area contributed by atoms with Gasteiger partial charge in [-0.3, -0.25) is 9.59 Å². The van der Waals surface area contributed by atoms with Crippen LogP contribution in [0.15, 0.2) is 37.9 Å². The molecule has 0 saturated heterocycles. The van der Waals surface area contributed by atoms with Crippen molar-refractivity contribution < 1.29 is 14.0 Å². The minimum atomic E-state index is -0.672. The maximum Gasteiger partial charge on any atom is 0.331 e. The van der Waals surface area contributed by atoms with Crippen LogP contribution in [0.4, 0.5) is 0 Å². The van der Waals surface area contributed by atoms with Crippen molar-refractivity contribution in [2.45, 2.75) is 0 Å². The third kappa shape index (κ3) is 2.22. The van der Waals surface area contributed by atoms with Crippen molar-refractivity contribution >= 4 is 38.9 Å². The molecule has 84 valence electrons. The molecule has 0 bridgehead atoms. The van der Waals surface area contributed by atoms with Crippen molar-refractivity contribution in [3.63, 3.8) is 0 Å². The Balaban J connectivity index is 2.72. The molecule has 0 radical (unpaired) electrons. The van der Waals surface area contributed by atoms with E-state index in [1.165, 1.54) is 0 Å². The number of hydrogen-bond acceptors (Lipinski definition) is 3. The molecule has 1 aromatic heterocycles. The van der Waals surface area contributed by atoms with E-state index in [1.54, 1.807) is 18.2 Å². The Kier molecular flexibility index (Phi) is 2.99. The molecular formula is C11H5BrN2O3. The van der Waals surface area contributed by atoms with Crippen LogP contribution in [0, 0.1) is 0 Å². The van der Waals surface area contributed by atoms with E-state index in [4.69, 9.17) is 9.95 Å². The predicted molar refractivity (Wildman–Crippen MR) is 64.2 cm³/mol. The molecule has 0 amide bonds. The second-order valence-electron chi connectivity index (χ2n) is 3.22. The lowest BCUT2D eigenvalue weighted by Crippen LogP contribution is -2.08. The standard InChI is InChI=1S/C11H5BrN2O3/c12-6-1-2-10-7(3-6)8(15)4-11(17-10)9(16)5-14-13/h1-5H. The first-order valence-corrected chi connectivity index (χ1v) is 5.36. The summed E-state index contributed by atoms with van der Waals surface area (Å²) in [4.78, 5) is 25.7. The van der Waals surface area contributed by atoms with Gasteiger partial charge in [-0.15, -0.1) is 0 Å². The third-order valence-corrected chi connectivity index (χ3v) is 2.60. The van der Waals surface area contributed by atoms with Gasteiger partial charge in [0.25, 0.3) is 0 Å². The number of carbonyl (C=O) groups is 1. The van der Waals surface area contributed by atoms with E-state index in [9.17, 15) is 9.59 Å². The smallest absolute Gasteiger partial charge is 0.331 e. The first kappa shape index (κ1) is 11.4.